The zero-order valence-electron chi connectivity index (χ0n) is 16.7. The van der Waals surface area contributed by atoms with Gasteiger partial charge in [-0.1, -0.05) is 17.7 Å². The number of benzene rings is 2. The molecule has 7 nitrogen and oxygen atoms in total. The summed E-state index contributed by atoms with van der Waals surface area (Å²) in [5, 5.41) is 4.15. The molecule has 2 aromatic rings. The highest BCUT2D eigenvalue weighted by Gasteiger charge is 2.16. The van der Waals surface area contributed by atoms with Crippen LogP contribution in [0.2, 0.25) is 0 Å². The van der Waals surface area contributed by atoms with Crippen molar-refractivity contribution in [1.82, 2.24) is 5.32 Å². The number of amides is 2. The quantitative estimate of drug-likeness (QED) is 0.338. The van der Waals surface area contributed by atoms with E-state index < -0.39 is 54.1 Å². The second-order valence-corrected chi connectivity index (χ2v) is 6.47. The molecule has 0 aliphatic carbocycles. The lowest BCUT2D eigenvalue weighted by molar-refractivity contribution is -0.148. The zero-order valence-corrected chi connectivity index (χ0v) is 16.7. The molecule has 0 bridgehead atoms. The number of carbonyl (C=O) groups is 3. The molecule has 166 valence electrons. The number of rotatable bonds is 10. The molecule has 2 rings (SSSR count). The summed E-state index contributed by atoms with van der Waals surface area (Å²) >= 11 is 0. The molecule has 10 heteroatoms. The van der Waals surface area contributed by atoms with Crippen molar-refractivity contribution in [2.45, 2.75) is 19.8 Å². The predicted molar refractivity (Wildman–Crippen MR) is 105 cm³/mol. The first-order chi connectivity index (χ1) is 14.8. The van der Waals surface area contributed by atoms with E-state index in [9.17, 15) is 27.6 Å². The largest absolute Gasteiger partial charge is 0.494 e. The topological polar surface area (TPSA) is 93.7 Å². The monoisotopic (exact) mass is 438 g/mol. The predicted octanol–water partition coefficient (Wildman–Crippen LogP) is 2.87. The molecule has 0 saturated heterocycles. The number of hydrogen-bond donors (Lipinski definition) is 2. The van der Waals surface area contributed by atoms with Gasteiger partial charge in [0, 0.05) is 6.42 Å². The smallest absolute Gasteiger partial charge is 0.306 e. The van der Waals surface area contributed by atoms with E-state index >= 15 is 0 Å². The maximum absolute atomic E-state index is 13.5. The molecule has 31 heavy (non-hydrogen) atoms. The van der Waals surface area contributed by atoms with Gasteiger partial charge in [-0.05, 0) is 37.6 Å². The molecule has 0 aromatic heterocycles. The first kappa shape index (κ1) is 23.7. The van der Waals surface area contributed by atoms with Crippen molar-refractivity contribution in [3.63, 3.8) is 0 Å². The van der Waals surface area contributed by atoms with Crippen LogP contribution in [0.3, 0.4) is 0 Å². The molecule has 2 aromatic carbocycles. The van der Waals surface area contributed by atoms with Crippen molar-refractivity contribution in [3.8, 4) is 5.75 Å². The highest BCUT2D eigenvalue weighted by atomic mass is 19.2. The van der Waals surface area contributed by atoms with Gasteiger partial charge < -0.3 is 20.1 Å². The number of anilines is 1. The standard InChI is InChI=1S/C21H21F3N2O5/c1-13-4-6-14(7-5-13)30-10-2-3-19(29)31-12-18(28)25-11-17(27)26-16-9-8-15(22)20(23)21(16)24/h4-9H,2-3,10-12H2,1H3,(H,25,28)(H,26,27). The Morgan fingerprint density at radius 3 is 2.35 bits per heavy atom. The van der Waals surface area contributed by atoms with Crippen LogP contribution in [-0.4, -0.2) is 37.5 Å². The van der Waals surface area contributed by atoms with Crippen molar-refractivity contribution in [1.29, 1.82) is 0 Å². The van der Waals surface area contributed by atoms with E-state index in [0.717, 1.165) is 11.6 Å². The third-order valence-corrected chi connectivity index (χ3v) is 3.93. The van der Waals surface area contributed by atoms with Gasteiger partial charge >= 0.3 is 5.97 Å². The minimum atomic E-state index is -1.72. The molecule has 0 aliphatic rings. The molecule has 0 fully saturated rings. The average molecular weight is 438 g/mol. The van der Waals surface area contributed by atoms with Crippen molar-refractivity contribution < 1.29 is 37.0 Å². The van der Waals surface area contributed by atoms with Crippen LogP contribution in [0.1, 0.15) is 18.4 Å². The number of ether oxygens (including phenoxy) is 2. The van der Waals surface area contributed by atoms with Crippen LogP contribution in [-0.2, 0) is 19.1 Å². The van der Waals surface area contributed by atoms with Crippen LogP contribution in [0.5, 0.6) is 5.75 Å². The summed E-state index contributed by atoms with van der Waals surface area (Å²) in [5.41, 5.74) is 0.528. The minimum Gasteiger partial charge on any atom is -0.494 e. The van der Waals surface area contributed by atoms with Gasteiger partial charge in [0.25, 0.3) is 5.91 Å². The lowest BCUT2D eigenvalue weighted by Crippen LogP contribution is -2.35. The Bertz CT molecular complexity index is 935. The highest BCUT2D eigenvalue weighted by molar-refractivity contribution is 5.94. The molecule has 2 amide bonds. The van der Waals surface area contributed by atoms with E-state index in [1.54, 1.807) is 0 Å². The van der Waals surface area contributed by atoms with Crippen LogP contribution in [0.4, 0.5) is 18.9 Å². The maximum Gasteiger partial charge on any atom is 0.306 e. The number of hydrogen-bond acceptors (Lipinski definition) is 5. The van der Waals surface area contributed by atoms with Crippen LogP contribution in [0, 0.1) is 24.4 Å². The fourth-order valence-electron chi connectivity index (χ4n) is 2.31. The van der Waals surface area contributed by atoms with Gasteiger partial charge in [-0.2, -0.15) is 0 Å². The number of esters is 1. The number of nitrogens with one attached hydrogen (secondary N) is 2. The first-order valence-electron chi connectivity index (χ1n) is 9.31. The van der Waals surface area contributed by atoms with Gasteiger partial charge in [0.2, 0.25) is 5.91 Å². The Kier molecular flexibility index (Phi) is 8.86. The molecule has 0 unspecified atom stereocenters. The van der Waals surface area contributed by atoms with Gasteiger partial charge in [-0.15, -0.1) is 0 Å². The van der Waals surface area contributed by atoms with Gasteiger partial charge in [-0.25, -0.2) is 13.2 Å². The summed E-state index contributed by atoms with van der Waals surface area (Å²) in [6.07, 6.45) is 0.422. The first-order valence-corrected chi connectivity index (χ1v) is 9.31. The second-order valence-electron chi connectivity index (χ2n) is 6.47. The van der Waals surface area contributed by atoms with E-state index in [1.165, 1.54) is 0 Å². The minimum absolute atomic E-state index is 0.0367. The lowest BCUT2D eigenvalue weighted by Gasteiger charge is -2.09. The molecule has 0 radical (unpaired) electrons. The Labute approximate surface area is 176 Å². The summed E-state index contributed by atoms with van der Waals surface area (Å²) in [4.78, 5) is 35.0. The van der Waals surface area contributed by atoms with Crippen molar-refractivity contribution in [2.24, 2.45) is 0 Å². The van der Waals surface area contributed by atoms with E-state index in [2.05, 4.69) is 5.32 Å². The van der Waals surface area contributed by atoms with E-state index in [1.807, 2.05) is 36.5 Å². The third-order valence-electron chi connectivity index (χ3n) is 3.93. The fourth-order valence-corrected chi connectivity index (χ4v) is 2.31. The molecular formula is C21H21F3N2O5. The van der Waals surface area contributed by atoms with Crippen molar-refractivity contribution >= 4 is 23.5 Å². The van der Waals surface area contributed by atoms with Gasteiger partial charge in [-0.3, -0.25) is 14.4 Å². The normalized spacial score (nSPS) is 10.3. The van der Waals surface area contributed by atoms with Crippen LogP contribution in [0.15, 0.2) is 36.4 Å². The van der Waals surface area contributed by atoms with Crippen molar-refractivity contribution in [2.75, 3.05) is 25.1 Å². The second kappa shape index (κ2) is 11.6. The summed E-state index contributed by atoms with van der Waals surface area (Å²) in [5.74, 6) is -6.25. The fraction of sp³-hybridized carbons (Fsp3) is 0.286. The van der Waals surface area contributed by atoms with Crippen LogP contribution >= 0.6 is 0 Å². The SMILES string of the molecule is Cc1ccc(OCCCC(=O)OCC(=O)NCC(=O)Nc2ccc(F)c(F)c2F)cc1. The van der Waals surface area contributed by atoms with Crippen molar-refractivity contribution in [3.05, 3.63) is 59.4 Å². The van der Waals surface area contributed by atoms with Gasteiger partial charge in [0.15, 0.2) is 24.1 Å². The summed E-state index contributed by atoms with van der Waals surface area (Å²) in [6.45, 7) is 1.06. The summed E-state index contributed by atoms with van der Waals surface area (Å²) < 4.78 is 49.7. The molecule has 0 spiro atoms. The highest BCUT2D eigenvalue weighted by Crippen LogP contribution is 2.19. The molecular weight excluding hydrogens is 417 g/mol. The lowest BCUT2D eigenvalue weighted by atomic mass is 10.2. The summed E-state index contributed by atoms with van der Waals surface area (Å²) in [7, 11) is 0. The van der Waals surface area contributed by atoms with Gasteiger partial charge in [0.05, 0.1) is 18.8 Å². The molecule has 0 saturated carbocycles. The molecule has 2 N–H and O–H groups in total. The Morgan fingerprint density at radius 2 is 1.65 bits per heavy atom. The molecule has 0 atom stereocenters. The van der Waals surface area contributed by atoms with Crippen LogP contribution < -0.4 is 15.4 Å². The zero-order chi connectivity index (χ0) is 22.8. The van der Waals surface area contributed by atoms with E-state index in [0.29, 0.717) is 24.8 Å². The van der Waals surface area contributed by atoms with E-state index in [-0.39, 0.29) is 6.42 Å². The Hall–Kier alpha value is -3.56. The summed E-state index contributed by atoms with van der Waals surface area (Å²) in [6, 6.07) is 8.92. The Morgan fingerprint density at radius 1 is 0.935 bits per heavy atom. The molecule has 0 aliphatic heterocycles. The average Bonchev–Trinajstić information content (AvgIpc) is 2.75. The van der Waals surface area contributed by atoms with E-state index in [4.69, 9.17) is 9.47 Å². The van der Waals surface area contributed by atoms with Gasteiger partial charge in [0.1, 0.15) is 5.75 Å². The Balaban J connectivity index is 1.60. The van der Waals surface area contributed by atoms with Crippen LogP contribution in [0.25, 0.3) is 0 Å². The number of halogens is 3. The maximum atomic E-state index is 13.5. The third kappa shape index (κ3) is 8.00. The number of carbonyl (C=O) groups excluding carboxylic acids is 3. The number of aryl methyl sites for hydroxylation is 1. The molecule has 0 heterocycles.